The van der Waals surface area contributed by atoms with Crippen molar-refractivity contribution in [3.8, 4) is 0 Å². The molecule has 0 radical (unpaired) electrons. The average molecular weight is 207 g/mol. The summed E-state index contributed by atoms with van der Waals surface area (Å²) in [5, 5.41) is 7.68. The van der Waals surface area contributed by atoms with Crippen LogP contribution in [0.3, 0.4) is 0 Å². The van der Waals surface area contributed by atoms with E-state index in [-0.39, 0.29) is 0 Å². The predicted molar refractivity (Wildman–Crippen MR) is 63.6 cm³/mol. The van der Waals surface area contributed by atoms with Gasteiger partial charge in [-0.2, -0.15) is 5.10 Å². The van der Waals surface area contributed by atoms with Gasteiger partial charge in [-0.15, -0.1) is 6.58 Å². The Morgan fingerprint density at radius 1 is 1.60 bits per heavy atom. The van der Waals surface area contributed by atoms with E-state index in [0.29, 0.717) is 6.04 Å². The standard InChI is InChI=1S/C12H21N3/c1-4-5-6-7-15-10-12(9-14-15)8-13-11(2)3/h4,9-11,13H,1,5-8H2,2-3H3. The highest BCUT2D eigenvalue weighted by Crippen LogP contribution is 2.00. The van der Waals surface area contributed by atoms with Gasteiger partial charge in [-0.3, -0.25) is 4.68 Å². The molecule has 0 atom stereocenters. The van der Waals surface area contributed by atoms with Gasteiger partial charge in [0.1, 0.15) is 0 Å². The Hall–Kier alpha value is -1.09. The summed E-state index contributed by atoms with van der Waals surface area (Å²) < 4.78 is 2.00. The predicted octanol–water partition coefficient (Wildman–Crippen LogP) is 2.35. The van der Waals surface area contributed by atoms with Gasteiger partial charge in [-0.05, 0) is 12.8 Å². The number of aryl methyl sites for hydroxylation is 1. The maximum atomic E-state index is 4.31. The second-order valence-electron chi connectivity index (χ2n) is 4.08. The van der Waals surface area contributed by atoms with Crippen LogP contribution in [0.2, 0.25) is 0 Å². The number of hydrogen-bond acceptors (Lipinski definition) is 2. The molecule has 3 heteroatoms. The molecule has 0 amide bonds. The average Bonchev–Trinajstić information content (AvgIpc) is 2.63. The summed E-state index contributed by atoms with van der Waals surface area (Å²) in [5.41, 5.74) is 1.25. The van der Waals surface area contributed by atoms with Gasteiger partial charge in [0.15, 0.2) is 0 Å². The van der Waals surface area contributed by atoms with Crippen molar-refractivity contribution in [2.75, 3.05) is 0 Å². The van der Waals surface area contributed by atoms with Crippen LogP contribution in [0.1, 0.15) is 32.3 Å². The number of unbranched alkanes of at least 4 members (excludes halogenated alkanes) is 1. The molecule has 1 aromatic heterocycles. The van der Waals surface area contributed by atoms with Gasteiger partial charge in [-0.25, -0.2) is 0 Å². The molecule has 0 saturated heterocycles. The molecule has 0 bridgehead atoms. The molecule has 1 heterocycles. The molecule has 15 heavy (non-hydrogen) atoms. The van der Waals surface area contributed by atoms with E-state index in [0.717, 1.165) is 25.9 Å². The maximum absolute atomic E-state index is 4.31. The van der Waals surface area contributed by atoms with Crippen LogP contribution in [0.15, 0.2) is 25.0 Å². The Balaban J connectivity index is 2.32. The monoisotopic (exact) mass is 207 g/mol. The summed E-state index contributed by atoms with van der Waals surface area (Å²) >= 11 is 0. The summed E-state index contributed by atoms with van der Waals surface area (Å²) in [7, 11) is 0. The smallest absolute Gasteiger partial charge is 0.0534 e. The summed E-state index contributed by atoms with van der Waals surface area (Å²) in [6.45, 7) is 9.88. The van der Waals surface area contributed by atoms with E-state index in [1.54, 1.807) is 0 Å². The SMILES string of the molecule is C=CCCCn1cc(CNC(C)C)cn1. The van der Waals surface area contributed by atoms with E-state index >= 15 is 0 Å². The molecule has 0 unspecified atom stereocenters. The van der Waals surface area contributed by atoms with Crippen molar-refractivity contribution in [2.24, 2.45) is 0 Å². The Bertz CT molecular complexity index is 289. The highest BCUT2D eigenvalue weighted by molar-refractivity contribution is 5.03. The lowest BCUT2D eigenvalue weighted by Gasteiger charge is -2.05. The van der Waals surface area contributed by atoms with Crippen molar-refractivity contribution in [3.63, 3.8) is 0 Å². The van der Waals surface area contributed by atoms with Crippen molar-refractivity contribution in [1.29, 1.82) is 0 Å². The molecule has 1 N–H and O–H groups in total. The highest BCUT2D eigenvalue weighted by Gasteiger charge is 1.99. The fraction of sp³-hybridized carbons (Fsp3) is 0.583. The minimum absolute atomic E-state index is 0.522. The Kier molecular flexibility index (Phi) is 5.12. The topological polar surface area (TPSA) is 29.9 Å². The number of allylic oxidation sites excluding steroid dienone is 1. The molecule has 3 nitrogen and oxygen atoms in total. The number of aromatic nitrogens is 2. The summed E-state index contributed by atoms with van der Waals surface area (Å²) in [5.74, 6) is 0. The van der Waals surface area contributed by atoms with Crippen LogP contribution < -0.4 is 5.32 Å². The molecule has 0 aromatic carbocycles. The molecular weight excluding hydrogens is 186 g/mol. The maximum Gasteiger partial charge on any atom is 0.0534 e. The van der Waals surface area contributed by atoms with E-state index in [9.17, 15) is 0 Å². The van der Waals surface area contributed by atoms with Crippen molar-refractivity contribution in [2.45, 2.75) is 45.8 Å². The molecule has 84 valence electrons. The van der Waals surface area contributed by atoms with Crippen molar-refractivity contribution in [3.05, 3.63) is 30.6 Å². The first-order valence-corrected chi connectivity index (χ1v) is 5.58. The fourth-order valence-corrected chi connectivity index (χ4v) is 1.34. The van der Waals surface area contributed by atoms with Crippen LogP contribution in [0, 0.1) is 0 Å². The van der Waals surface area contributed by atoms with Crippen LogP contribution in [0.25, 0.3) is 0 Å². The lowest BCUT2D eigenvalue weighted by Crippen LogP contribution is -2.21. The molecule has 0 spiro atoms. The minimum atomic E-state index is 0.522. The van der Waals surface area contributed by atoms with E-state index in [2.05, 4.69) is 37.0 Å². The van der Waals surface area contributed by atoms with E-state index < -0.39 is 0 Å². The molecule has 0 fully saturated rings. The number of rotatable bonds is 7. The second kappa shape index (κ2) is 6.40. The van der Waals surface area contributed by atoms with Crippen LogP contribution in [0.4, 0.5) is 0 Å². The third kappa shape index (κ3) is 4.79. The van der Waals surface area contributed by atoms with Crippen molar-refractivity contribution in [1.82, 2.24) is 15.1 Å². The van der Waals surface area contributed by atoms with Crippen LogP contribution in [0.5, 0.6) is 0 Å². The summed E-state index contributed by atoms with van der Waals surface area (Å²) in [6, 6.07) is 0.522. The van der Waals surface area contributed by atoms with E-state index in [1.165, 1.54) is 5.56 Å². The molecule has 1 rings (SSSR count). The van der Waals surface area contributed by atoms with Gasteiger partial charge < -0.3 is 5.32 Å². The van der Waals surface area contributed by atoms with Crippen molar-refractivity contribution < 1.29 is 0 Å². The first-order valence-electron chi connectivity index (χ1n) is 5.58. The minimum Gasteiger partial charge on any atom is -0.310 e. The van der Waals surface area contributed by atoms with Gasteiger partial charge in [0, 0.05) is 30.9 Å². The Morgan fingerprint density at radius 2 is 2.40 bits per heavy atom. The zero-order valence-corrected chi connectivity index (χ0v) is 9.74. The molecule has 0 aliphatic carbocycles. The second-order valence-corrected chi connectivity index (χ2v) is 4.08. The van der Waals surface area contributed by atoms with Crippen molar-refractivity contribution >= 4 is 0 Å². The van der Waals surface area contributed by atoms with Gasteiger partial charge in [-0.1, -0.05) is 19.9 Å². The zero-order valence-electron chi connectivity index (χ0n) is 9.74. The lowest BCUT2D eigenvalue weighted by molar-refractivity contribution is 0.576. The zero-order chi connectivity index (χ0) is 11.1. The van der Waals surface area contributed by atoms with Gasteiger partial charge in [0.05, 0.1) is 6.20 Å². The van der Waals surface area contributed by atoms with Gasteiger partial charge >= 0.3 is 0 Å². The molecule has 0 aliphatic rings. The van der Waals surface area contributed by atoms with Gasteiger partial charge in [0.2, 0.25) is 0 Å². The van der Waals surface area contributed by atoms with Crippen LogP contribution in [-0.2, 0) is 13.1 Å². The summed E-state index contributed by atoms with van der Waals surface area (Å²) in [4.78, 5) is 0. The van der Waals surface area contributed by atoms with E-state index in [4.69, 9.17) is 0 Å². The highest BCUT2D eigenvalue weighted by atomic mass is 15.3. The molecule has 1 aromatic rings. The van der Waals surface area contributed by atoms with Gasteiger partial charge in [0.25, 0.3) is 0 Å². The van der Waals surface area contributed by atoms with E-state index in [1.807, 2.05) is 17.0 Å². The number of nitrogens with zero attached hydrogens (tertiary/aromatic N) is 2. The molecular formula is C12H21N3. The first kappa shape index (κ1) is 12.0. The Labute approximate surface area is 92.2 Å². The van der Waals surface area contributed by atoms with Crippen LogP contribution >= 0.6 is 0 Å². The third-order valence-electron chi connectivity index (χ3n) is 2.20. The largest absolute Gasteiger partial charge is 0.310 e. The third-order valence-corrected chi connectivity index (χ3v) is 2.20. The molecule has 0 aliphatic heterocycles. The number of hydrogen-bond donors (Lipinski definition) is 1. The quantitative estimate of drug-likeness (QED) is 0.549. The first-order chi connectivity index (χ1) is 7.22. The summed E-state index contributed by atoms with van der Waals surface area (Å²) in [6.07, 6.45) is 8.16. The fourth-order valence-electron chi connectivity index (χ4n) is 1.34. The Morgan fingerprint density at radius 3 is 3.07 bits per heavy atom. The molecule has 0 saturated carbocycles. The lowest BCUT2D eigenvalue weighted by atomic mass is 10.3. The normalized spacial score (nSPS) is 10.9. The number of nitrogens with one attached hydrogen (secondary N) is 1. The van der Waals surface area contributed by atoms with Crippen LogP contribution in [-0.4, -0.2) is 15.8 Å².